The maximum atomic E-state index is 12.3. The Kier molecular flexibility index (Phi) is 4.78. The van der Waals surface area contributed by atoms with Crippen LogP contribution in [0.4, 0.5) is 0 Å². The van der Waals surface area contributed by atoms with E-state index in [1.807, 2.05) is 19.1 Å². The molecule has 1 N–H and O–H groups in total. The third-order valence-corrected chi connectivity index (χ3v) is 4.55. The van der Waals surface area contributed by atoms with Crippen molar-refractivity contribution in [2.45, 2.75) is 31.3 Å². The number of nitrogens with one attached hydrogen (secondary N) is 1. The molecule has 0 unspecified atom stereocenters. The normalized spacial score (nSPS) is 11.2. The summed E-state index contributed by atoms with van der Waals surface area (Å²) in [5, 5.41) is 4.05. The second-order valence-electron chi connectivity index (χ2n) is 4.54. The largest absolute Gasteiger partial charge is 0.260 e. The Balaban J connectivity index is 2.12. The molecule has 0 saturated heterocycles. The first-order valence-electron chi connectivity index (χ1n) is 6.59. The Morgan fingerprint density at radius 3 is 2.86 bits per heavy atom. The Labute approximate surface area is 125 Å². The minimum absolute atomic E-state index is 0.185. The topological polar surface area (TPSA) is 64.0 Å². The lowest BCUT2D eigenvalue weighted by molar-refractivity contribution is 0.580. The van der Waals surface area contributed by atoms with Crippen molar-refractivity contribution < 1.29 is 8.42 Å². The second kappa shape index (κ2) is 6.57. The number of aromatic nitrogens is 2. The summed E-state index contributed by atoms with van der Waals surface area (Å²) in [5.74, 6) is 2.47. The van der Waals surface area contributed by atoms with Gasteiger partial charge in [-0.05, 0) is 18.1 Å². The fraction of sp³-hybridized carbons (Fsp3) is 0.267. The van der Waals surface area contributed by atoms with Gasteiger partial charge in [0.2, 0.25) is 10.0 Å². The summed E-state index contributed by atoms with van der Waals surface area (Å²) >= 11 is 0. The lowest BCUT2D eigenvalue weighted by atomic mass is 10.2. The number of sulfonamides is 1. The Bertz CT molecular complexity index is 757. The van der Waals surface area contributed by atoms with Crippen LogP contribution in [0, 0.1) is 12.3 Å². The zero-order valence-corrected chi connectivity index (χ0v) is 12.6. The molecular formula is C15H17N3O2S. The minimum Gasteiger partial charge on any atom is -0.260 e. The SMILES string of the molecule is C#CCn1cc(CNS(=O)(=O)c2ccccc2CC)cn1. The van der Waals surface area contributed by atoms with Gasteiger partial charge in [-0.25, -0.2) is 13.1 Å². The van der Waals surface area contributed by atoms with Gasteiger partial charge in [0.25, 0.3) is 0 Å². The number of benzene rings is 1. The molecule has 0 amide bonds. The summed E-state index contributed by atoms with van der Waals surface area (Å²) in [6.45, 7) is 2.48. The van der Waals surface area contributed by atoms with Crippen LogP contribution in [-0.2, 0) is 29.5 Å². The average Bonchev–Trinajstić information content (AvgIpc) is 2.93. The molecule has 0 saturated carbocycles. The molecule has 0 fully saturated rings. The summed E-state index contributed by atoms with van der Waals surface area (Å²) in [6, 6.07) is 6.99. The molecule has 1 aromatic heterocycles. The van der Waals surface area contributed by atoms with Crippen molar-refractivity contribution in [2.24, 2.45) is 0 Å². The van der Waals surface area contributed by atoms with E-state index in [0.717, 1.165) is 11.1 Å². The maximum Gasteiger partial charge on any atom is 0.241 e. The van der Waals surface area contributed by atoms with Gasteiger partial charge in [-0.3, -0.25) is 4.68 Å². The zero-order valence-electron chi connectivity index (χ0n) is 11.8. The van der Waals surface area contributed by atoms with Gasteiger partial charge in [0, 0.05) is 18.3 Å². The Morgan fingerprint density at radius 2 is 2.14 bits per heavy atom. The summed E-state index contributed by atoms with van der Waals surface area (Å²) in [4.78, 5) is 0.323. The van der Waals surface area contributed by atoms with Crippen LogP contribution in [0.3, 0.4) is 0 Å². The molecule has 0 aliphatic rings. The van der Waals surface area contributed by atoms with E-state index in [4.69, 9.17) is 6.42 Å². The van der Waals surface area contributed by atoms with Crippen molar-refractivity contribution in [1.29, 1.82) is 0 Å². The molecule has 5 nitrogen and oxygen atoms in total. The molecule has 21 heavy (non-hydrogen) atoms. The van der Waals surface area contributed by atoms with Gasteiger partial charge in [-0.1, -0.05) is 31.0 Å². The van der Waals surface area contributed by atoms with Crippen molar-refractivity contribution in [2.75, 3.05) is 0 Å². The maximum absolute atomic E-state index is 12.3. The van der Waals surface area contributed by atoms with Crippen molar-refractivity contribution in [3.8, 4) is 12.3 Å². The molecule has 110 valence electrons. The van der Waals surface area contributed by atoms with E-state index >= 15 is 0 Å². The molecule has 1 heterocycles. The Morgan fingerprint density at radius 1 is 1.38 bits per heavy atom. The third kappa shape index (κ3) is 3.72. The van der Waals surface area contributed by atoms with Crippen LogP contribution < -0.4 is 4.72 Å². The minimum atomic E-state index is -3.53. The fourth-order valence-electron chi connectivity index (χ4n) is 1.99. The lowest BCUT2D eigenvalue weighted by Gasteiger charge is -2.09. The highest BCUT2D eigenvalue weighted by molar-refractivity contribution is 7.89. The van der Waals surface area contributed by atoms with Crippen LogP contribution in [0.2, 0.25) is 0 Å². The van der Waals surface area contributed by atoms with Crippen LogP contribution in [0.5, 0.6) is 0 Å². The monoisotopic (exact) mass is 303 g/mol. The summed E-state index contributed by atoms with van der Waals surface area (Å²) in [6.07, 6.45) is 9.20. The van der Waals surface area contributed by atoms with E-state index in [0.29, 0.717) is 17.9 Å². The fourth-order valence-corrected chi connectivity index (χ4v) is 3.32. The van der Waals surface area contributed by atoms with Crippen LogP contribution in [0.25, 0.3) is 0 Å². The van der Waals surface area contributed by atoms with E-state index in [-0.39, 0.29) is 6.54 Å². The van der Waals surface area contributed by atoms with Crippen LogP contribution >= 0.6 is 0 Å². The number of aryl methyl sites for hydroxylation is 1. The number of hydrogen-bond donors (Lipinski definition) is 1. The zero-order chi connectivity index (χ0) is 15.3. The molecule has 0 aliphatic carbocycles. The summed E-state index contributed by atoms with van der Waals surface area (Å²) in [7, 11) is -3.53. The van der Waals surface area contributed by atoms with Gasteiger partial charge in [-0.2, -0.15) is 5.10 Å². The van der Waals surface area contributed by atoms with Crippen molar-refractivity contribution in [1.82, 2.24) is 14.5 Å². The van der Waals surface area contributed by atoms with Crippen LogP contribution in [-0.4, -0.2) is 18.2 Å². The molecular weight excluding hydrogens is 286 g/mol. The van der Waals surface area contributed by atoms with E-state index < -0.39 is 10.0 Å². The Hall–Kier alpha value is -2.10. The number of nitrogens with zero attached hydrogens (tertiary/aromatic N) is 2. The van der Waals surface area contributed by atoms with E-state index in [2.05, 4.69) is 15.7 Å². The van der Waals surface area contributed by atoms with Gasteiger partial charge in [0.1, 0.15) is 6.54 Å². The van der Waals surface area contributed by atoms with E-state index in [9.17, 15) is 8.42 Å². The predicted molar refractivity (Wildman–Crippen MR) is 80.9 cm³/mol. The highest BCUT2D eigenvalue weighted by Crippen LogP contribution is 2.16. The van der Waals surface area contributed by atoms with E-state index in [1.54, 1.807) is 29.2 Å². The van der Waals surface area contributed by atoms with Crippen LogP contribution in [0.15, 0.2) is 41.6 Å². The van der Waals surface area contributed by atoms with Gasteiger partial charge in [0.15, 0.2) is 0 Å². The summed E-state index contributed by atoms with van der Waals surface area (Å²) < 4.78 is 28.9. The van der Waals surface area contributed by atoms with E-state index in [1.165, 1.54) is 0 Å². The molecule has 0 bridgehead atoms. The molecule has 0 radical (unpaired) electrons. The lowest BCUT2D eigenvalue weighted by Crippen LogP contribution is -2.24. The highest BCUT2D eigenvalue weighted by atomic mass is 32.2. The van der Waals surface area contributed by atoms with Gasteiger partial charge < -0.3 is 0 Å². The molecule has 1 aromatic carbocycles. The molecule has 2 aromatic rings. The quantitative estimate of drug-likeness (QED) is 0.824. The van der Waals surface area contributed by atoms with Gasteiger partial charge in [-0.15, -0.1) is 6.42 Å². The first-order valence-corrected chi connectivity index (χ1v) is 8.07. The van der Waals surface area contributed by atoms with Crippen LogP contribution in [0.1, 0.15) is 18.1 Å². The van der Waals surface area contributed by atoms with Crippen molar-refractivity contribution >= 4 is 10.0 Å². The smallest absolute Gasteiger partial charge is 0.241 e. The highest BCUT2D eigenvalue weighted by Gasteiger charge is 2.17. The number of rotatable bonds is 6. The third-order valence-electron chi connectivity index (χ3n) is 3.05. The molecule has 0 atom stereocenters. The first kappa shape index (κ1) is 15.3. The second-order valence-corrected chi connectivity index (χ2v) is 6.27. The van der Waals surface area contributed by atoms with Crippen molar-refractivity contribution in [3.05, 3.63) is 47.8 Å². The van der Waals surface area contributed by atoms with Gasteiger partial charge in [0.05, 0.1) is 11.1 Å². The first-order chi connectivity index (χ1) is 10.1. The van der Waals surface area contributed by atoms with Crippen molar-refractivity contribution in [3.63, 3.8) is 0 Å². The average molecular weight is 303 g/mol. The van der Waals surface area contributed by atoms with Gasteiger partial charge >= 0.3 is 0 Å². The molecule has 2 rings (SSSR count). The standard InChI is InChI=1S/C15H17N3O2S/c1-3-9-18-12-13(10-16-18)11-17-21(19,20)15-8-6-5-7-14(15)4-2/h1,5-8,10,12,17H,4,9,11H2,2H3. The molecule has 0 aliphatic heterocycles. The number of hydrogen-bond acceptors (Lipinski definition) is 3. The number of terminal acetylenes is 1. The molecule has 0 spiro atoms. The summed E-state index contributed by atoms with van der Waals surface area (Å²) in [5.41, 5.74) is 1.57. The molecule has 6 heteroatoms. The predicted octanol–water partition coefficient (Wildman–Crippen LogP) is 1.56.